The van der Waals surface area contributed by atoms with Gasteiger partial charge < -0.3 is 4.74 Å². The van der Waals surface area contributed by atoms with Crippen molar-refractivity contribution in [2.75, 3.05) is 10.8 Å². The Kier molecular flexibility index (Phi) is 7.12. The zero-order valence-electron chi connectivity index (χ0n) is 16.6. The summed E-state index contributed by atoms with van der Waals surface area (Å²) in [6.07, 6.45) is 2.89. The molecule has 6 nitrogen and oxygen atoms in total. The summed E-state index contributed by atoms with van der Waals surface area (Å²) in [5, 5.41) is -0.0959. The van der Waals surface area contributed by atoms with E-state index in [1.54, 1.807) is 0 Å². The van der Waals surface area contributed by atoms with Gasteiger partial charge in [-0.05, 0) is 61.7 Å². The monoisotopic (exact) mass is 465 g/mol. The van der Waals surface area contributed by atoms with Crippen molar-refractivity contribution in [3.63, 3.8) is 0 Å². The lowest BCUT2D eigenvalue weighted by molar-refractivity contribution is -0.129. The summed E-state index contributed by atoms with van der Waals surface area (Å²) >= 11 is 6.16. The number of carbonyl (C=O) groups is 2. The van der Waals surface area contributed by atoms with Crippen LogP contribution in [-0.2, 0) is 19.6 Å². The number of sulfonamides is 1. The Labute approximate surface area is 185 Å². The van der Waals surface area contributed by atoms with E-state index in [1.807, 2.05) is 0 Å². The summed E-state index contributed by atoms with van der Waals surface area (Å²) in [5.41, 5.74) is 0.164. The molecule has 2 aromatic rings. The lowest BCUT2D eigenvalue weighted by Crippen LogP contribution is -2.32. The number of hydrogen-bond acceptors (Lipinski definition) is 5. The molecule has 1 aliphatic rings. The molecule has 1 fully saturated rings. The molecule has 3 rings (SSSR count). The molecule has 0 amide bonds. The second kappa shape index (κ2) is 9.62. The Morgan fingerprint density at radius 2 is 1.94 bits per heavy atom. The van der Waals surface area contributed by atoms with Crippen LogP contribution in [0.25, 0.3) is 0 Å². The first-order chi connectivity index (χ1) is 14.7. The van der Waals surface area contributed by atoms with E-state index >= 15 is 0 Å². The highest BCUT2D eigenvalue weighted by molar-refractivity contribution is 7.93. The second-order valence-corrected chi connectivity index (χ2v) is 9.29. The SMILES string of the molecule is C=CCN(c1ccc(F)cc1)S(=O)(=O)c1cc(C(=O)OC2CCCCC2=O)ccc1Cl. The van der Waals surface area contributed by atoms with Gasteiger partial charge in [0.25, 0.3) is 10.0 Å². The molecule has 0 aromatic heterocycles. The number of esters is 1. The molecule has 1 aliphatic carbocycles. The highest BCUT2D eigenvalue weighted by Gasteiger charge is 2.30. The van der Waals surface area contributed by atoms with E-state index in [4.69, 9.17) is 16.3 Å². The Bertz CT molecular complexity index is 1100. The molecule has 0 saturated heterocycles. The second-order valence-electron chi connectivity index (χ2n) is 7.05. The van der Waals surface area contributed by atoms with Crippen molar-refractivity contribution in [1.29, 1.82) is 0 Å². The van der Waals surface area contributed by atoms with Crippen LogP contribution in [0.1, 0.15) is 36.0 Å². The van der Waals surface area contributed by atoms with Gasteiger partial charge in [0.15, 0.2) is 11.9 Å². The Morgan fingerprint density at radius 3 is 2.58 bits per heavy atom. The summed E-state index contributed by atoms with van der Waals surface area (Å²) in [7, 11) is -4.23. The van der Waals surface area contributed by atoms with Crippen LogP contribution >= 0.6 is 11.6 Å². The third-order valence-electron chi connectivity index (χ3n) is 4.89. The highest BCUT2D eigenvalue weighted by Crippen LogP contribution is 2.30. The van der Waals surface area contributed by atoms with Gasteiger partial charge in [-0.1, -0.05) is 17.7 Å². The predicted octanol–water partition coefficient (Wildman–Crippen LogP) is 4.53. The van der Waals surface area contributed by atoms with Crippen LogP contribution < -0.4 is 4.31 Å². The van der Waals surface area contributed by atoms with Crippen LogP contribution in [-0.4, -0.2) is 32.8 Å². The fraction of sp³-hybridized carbons (Fsp3) is 0.273. The lowest BCUT2D eigenvalue weighted by Gasteiger charge is -2.24. The number of nitrogens with zero attached hydrogens (tertiary/aromatic N) is 1. The molecule has 1 saturated carbocycles. The first-order valence-corrected chi connectivity index (χ1v) is 11.5. The summed E-state index contributed by atoms with van der Waals surface area (Å²) in [5.74, 6) is -1.46. The average molecular weight is 466 g/mol. The fourth-order valence-corrected chi connectivity index (χ4v) is 5.23. The number of hydrogen-bond donors (Lipinski definition) is 0. The third kappa shape index (κ3) is 5.14. The van der Waals surface area contributed by atoms with Crippen LogP contribution in [0.4, 0.5) is 10.1 Å². The van der Waals surface area contributed by atoms with Crippen LogP contribution in [0.2, 0.25) is 5.02 Å². The summed E-state index contributed by atoms with van der Waals surface area (Å²) in [6, 6.07) is 8.65. The van der Waals surface area contributed by atoms with E-state index in [0.717, 1.165) is 35.3 Å². The van der Waals surface area contributed by atoms with E-state index in [9.17, 15) is 22.4 Å². The summed E-state index contributed by atoms with van der Waals surface area (Å²) in [4.78, 5) is 24.2. The molecule has 0 radical (unpaired) electrons. The quantitative estimate of drug-likeness (QED) is 0.443. The van der Waals surface area contributed by atoms with Crippen molar-refractivity contribution < 1.29 is 27.1 Å². The highest BCUT2D eigenvalue weighted by atomic mass is 35.5. The van der Waals surface area contributed by atoms with Gasteiger partial charge >= 0.3 is 5.97 Å². The largest absolute Gasteiger partial charge is 0.451 e. The Hall–Kier alpha value is -2.71. The van der Waals surface area contributed by atoms with Crippen molar-refractivity contribution >= 4 is 39.1 Å². The van der Waals surface area contributed by atoms with Gasteiger partial charge in [-0.2, -0.15) is 0 Å². The standard InChI is InChI=1S/C22H21ClFNO5S/c1-2-13-25(17-10-8-16(24)9-11-17)31(28,29)21-14-15(7-12-18(21)23)22(27)30-20-6-4-3-5-19(20)26/h2,7-12,14,20H,1,3-6,13H2. The Morgan fingerprint density at radius 1 is 1.23 bits per heavy atom. The van der Waals surface area contributed by atoms with Crippen molar-refractivity contribution in [2.24, 2.45) is 0 Å². The minimum Gasteiger partial charge on any atom is -0.451 e. The van der Waals surface area contributed by atoms with E-state index in [1.165, 1.54) is 30.3 Å². The zero-order valence-corrected chi connectivity index (χ0v) is 18.2. The number of halogens is 2. The number of carbonyl (C=O) groups excluding carboxylic acids is 2. The number of anilines is 1. The zero-order chi connectivity index (χ0) is 22.6. The lowest BCUT2D eigenvalue weighted by atomic mass is 9.96. The van der Waals surface area contributed by atoms with Crippen molar-refractivity contribution in [1.82, 2.24) is 0 Å². The number of ketones is 1. The molecular weight excluding hydrogens is 445 g/mol. The molecule has 0 aliphatic heterocycles. The van der Waals surface area contributed by atoms with Crippen LogP contribution in [0.15, 0.2) is 60.0 Å². The summed E-state index contributed by atoms with van der Waals surface area (Å²) in [6.45, 7) is 3.47. The molecule has 164 valence electrons. The first-order valence-electron chi connectivity index (χ1n) is 9.66. The predicted molar refractivity (Wildman–Crippen MR) is 115 cm³/mol. The number of Topliss-reactive ketones (excluding diaryl/α,β-unsaturated/α-hetero) is 1. The average Bonchev–Trinajstić information content (AvgIpc) is 2.74. The van der Waals surface area contributed by atoms with Gasteiger partial charge in [0, 0.05) is 6.42 Å². The number of benzene rings is 2. The molecule has 0 heterocycles. The van der Waals surface area contributed by atoms with Crippen LogP contribution in [0.3, 0.4) is 0 Å². The van der Waals surface area contributed by atoms with Crippen LogP contribution in [0, 0.1) is 5.82 Å². The van der Waals surface area contributed by atoms with Gasteiger partial charge in [0.05, 0.1) is 22.8 Å². The maximum atomic E-state index is 13.3. The molecule has 0 spiro atoms. The third-order valence-corrected chi connectivity index (χ3v) is 7.17. The molecule has 1 unspecified atom stereocenters. The molecule has 9 heteroatoms. The van der Waals surface area contributed by atoms with Crippen LogP contribution in [0.5, 0.6) is 0 Å². The topological polar surface area (TPSA) is 80.8 Å². The van der Waals surface area contributed by atoms with Gasteiger partial charge in [-0.25, -0.2) is 17.6 Å². The van der Waals surface area contributed by atoms with Gasteiger partial charge in [0.2, 0.25) is 0 Å². The smallest absolute Gasteiger partial charge is 0.338 e. The Balaban J connectivity index is 1.94. The minimum absolute atomic E-state index is 0.0426. The van der Waals surface area contributed by atoms with E-state index in [-0.39, 0.29) is 33.5 Å². The van der Waals surface area contributed by atoms with Gasteiger partial charge in [0.1, 0.15) is 10.7 Å². The normalized spacial score (nSPS) is 16.6. The number of rotatable bonds is 7. The molecule has 2 aromatic carbocycles. The molecular formula is C22H21ClFNO5S. The minimum atomic E-state index is -4.23. The van der Waals surface area contributed by atoms with Crippen molar-refractivity contribution in [2.45, 2.75) is 36.7 Å². The summed E-state index contributed by atoms with van der Waals surface area (Å²) < 4.78 is 46.3. The molecule has 0 N–H and O–H groups in total. The molecule has 31 heavy (non-hydrogen) atoms. The maximum absolute atomic E-state index is 13.3. The van der Waals surface area contributed by atoms with Crippen molar-refractivity contribution in [3.05, 3.63) is 71.5 Å². The van der Waals surface area contributed by atoms with E-state index in [2.05, 4.69) is 6.58 Å². The molecule has 0 bridgehead atoms. The first kappa shape index (κ1) is 23.0. The molecule has 1 atom stereocenters. The number of ether oxygens (including phenoxy) is 1. The van der Waals surface area contributed by atoms with E-state index < -0.39 is 27.9 Å². The van der Waals surface area contributed by atoms with E-state index in [0.29, 0.717) is 12.8 Å². The fourth-order valence-electron chi connectivity index (χ4n) is 3.29. The maximum Gasteiger partial charge on any atom is 0.338 e. The van der Waals surface area contributed by atoms with Crippen molar-refractivity contribution in [3.8, 4) is 0 Å². The van der Waals surface area contributed by atoms with Gasteiger partial charge in [-0.15, -0.1) is 6.58 Å². The van der Waals surface area contributed by atoms with Gasteiger partial charge in [-0.3, -0.25) is 9.10 Å².